The average molecular weight is 376 g/mol. The van der Waals surface area contributed by atoms with Gasteiger partial charge in [0.1, 0.15) is 5.82 Å². The average Bonchev–Trinajstić information content (AvgIpc) is 3.00. The molecular formula is C21H30ClN3O. The van der Waals surface area contributed by atoms with Gasteiger partial charge in [-0.3, -0.25) is 4.79 Å². The van der Waals surface area contributed by atoms with E-state index in [0.717, 1.165) is 37.1 Å². The molecule has 1 N–H and O–H groups in total. The van der Waals surface area contributed by atoms with Crippen LogP contribution in [0.5, 0.6) is 0 Å². The van der Waals surface area contributed by atoms with E-state index in [2.05, 4.69) is 39.9 Å². The van der Waals surface area contributed by atoms with Gasteiger partial charge in [0.25, 0.3) is 0 Å². The van der Waals surface area contributed by atoms with Gasteiger partial charge in [0.05, 0.1) is 11.4 Å². The molecule has 2 aromatic rings. The molecule has 0 saturated heterocycles. The van der Waals surface area contributed by atoms with Crippen molar-refractivity contribution in [2.45, 2.75) is 65.7 Å². The molecule has 0 bridgehead atoms. The van der Waals surface area contributed by atoms with Crippen LogP contribution in [-0.4, -0.2) is 15.7 Å². The minimum absolute atomic E-state index is 0.0293. The third-order valence-corrected chi connectivity index (χ3v) is 4.82. The number of halogens is 1. The van der Waals surface area contributed by atoms with Crippen molar-refractivity contribution in [2.24, 2.45) is 5.92 Å². The highest BCUT2D eigenvalue weighted by molar-refractivity contribution is 6.30. The quantitative estimate of drug-likeness (QED) is 0.647. The molecule has 5 heteroatoms. The molecule has 1 aromatic heterocycles. The fraction of sp³-hybridized carbons (Fsp3) is 0.524. The van der Waals surface area contributed by atoms with E-state index in [1.54, 1.807) is 4.68 Å². The number of benzene rings is 1. The van der Waals surface area contributed by atoms with Crippen molar-refractivity contribution in [3.63, 3.8) is 0 Å². The van der Waals surface area contributed by atoms with Gasteiger partial charge in [0.2, 0.25) is 5.91 Å². The predicted octanol–water partition coefficient (Wildman–Crippen LogP) is 5.98. The molecule has 0 saturated carbocycles. The van der Waals surface area contributed by atoms with Crippen molar-refractivity contribution < 1.29 is 4.79 Å². The number of nitrogens with zero attached hydrogens (tertiary/aromatic N) is 2. The lowest BCUT2D eigenvalue weighted by Gasteiger charge is -2.15. The van der Waals surface area contributed by atoms with E-state index >= 15 is 0 Å². The summed E-state index contributed by atoms with van der Waals surface area (Å²) in [6.45, 7) is 10.6. The summed E-state index contributed by atoms with van der Waals surface area (Å²) in [6.07, 6.45) is 3.92. The zero-order chi connectivity index (χ0) is 19.3. The maximum absolute atomic E-state index is 12.8. The molecule has 0 aliphatic rings. The van der Waals surface area contributed by atoms with Crippen LogP contribution < -0.4 is 5.32 Å². The van der Waals surface area contributed by atoms with E-state index in [4.69, 9.17) is 16.7 Å². The summed E-state index contributed by atoms with van der Waals surface area (Å²) in [4.78, 5) is 12.8. The van der Waals surface area contributed by atoms with Crippen LogP contribution in [0, 0.1) is 5.92 Å². The lowest BCUT2D eigenvalue weighted by molar-refractivity contribution is -0.120. The first kappa shape index (κ1) is 20.5. The molecule has 142 valence electrons. The standard InChI is InChI=1S/C21H30ClN3O/c1-6-8-9-15(7-2)20(26)23-19-14-18(21(3,4)5)24-25(19)17-12-10-16(22)11-13-17/h10-15H,6-9H2,1-5H3,(H,23,26). The van der Waals surface area contributed by atoms with Gasteiger partial charge in [0, 0.05) is 22.4 Å². The van der Waals surface area contributed by atoms with Crippen LogP contribution in [0.25, 0.3) is 5.69 Å². The highest BCUT2D eigenvalue weighted by Gasteiger charge is 2.23. The fourth-order valence-electron chi connectivity index (χ4n) is 2.82. The van der Waals surface area contributed by atoms with Gasteiger partial charge in [-0.05, 0) is 37.1 Å². The largest absolute Gasteiger partial charge is 0.310 e. The third-order valence-electron chi connectivity index (χ3n) is 4.57. The van der Waals surface area contributed by atoms with Gasteiger partial charge in [-0.15, -0.1) is 0 Å². The van der Waals surface area contributed by atoms with Crippen LogP contribution >= 0.6 is 11.6 Å². The summed E-state index contributed by atoms with van der Waals surface area (Å²) >= 11 is 6.01. The van der Waals surface area contributed by atoms with Crippen LogP contribution in [-0.2, 0) is 10.2 Å². The van der Waals surface area contributed by atoms with Gasteiger partial charge >= 0.3 is 0 Å². The van der Waals surface area contributed by atoms with Gasteiger partial charge in [0.15, 0.2) is 0 Å². The first-order valence-electron chi connectivity index (χ1n) is 9.43. The summed E-state index contributed by atoms with van der Waals surface area (Å²) in [7, 11) is 0. The fourth-order valence-corrected chi connectivity index (χ4v) is 2.94. The number of carbonyl (C=O) groups excluding carboxylic acids is 1. The molecule has 0 spiro atoms. The van der Waals surface area contributed by atoms with E-state index in [1.807, 2.05) is 30.3 Å². The zero-order valence-electron chi connectivity index (χ0n) is 16.5. The molecular weight excluding hydrogens is 346 g/mol. The second-order valence-electron chi connectivity index (χ2n) is 7.79. The van der Waals surface area contributed by atoms with Gasteiger partial charge in [-0.25, -0.2) is 4.68 Å². The summed E-state index contributed by atoms with van der Waals surface area (Å²) in [6, 6.07) is 9.45. The second-order valence-corrected chi connectivity index (χ2v) is 8.23. The van der Waals surface area contributed by atoms with Crippen molar-refractivity contribution in [1.82, 2.24) is 9.78 Å². The maximum atomic E-state index is 12.8. The minimum atomic E-state index is -0.108. The Morgan fingerprint density at radius 2 is 1.88 bits per heavy atom. The molecule has 1 heterocycles. The van der Waals surface area contributed by atoms with Crippen molar-refractivity contribution in [3.8, 4) is 5.69 Å². The SMILES string of the molecule is CCCCC(CC)C(=O)Nc1cc(C(C)(C)C)nn1-c1ccc(Cl)cc1. The predicted molar refractivity (Wildman–Crippen MR) is 109 cm³/mol. The highest BCUT2D eigenvalue weighted by Crippen LogP contribution is 2.27. The Labute approximate surface area is 161 Å². The minimum Gasteiger partial charge on any atom is -0.310 e. The van der Waals surface area contributed by atoms with E-state index in [9.17, 15) is 4.79 Å². The number of unbranched alkanes of at least 4 members (excludes halogenated alkanes) is 1. The molecule has 0 fully saturated rings. The van der Waals surface area contributed by atoms with Crippen LogP contribution in [0.1, 0.15) is 66.0 Å². The summed E-state index contributed by atoms with van der Waals surface area (Å²) in [5, 5.41) is 8.52. The van der Waals surface area contributed by atoms with Crippen LogP contribution in [0.3, 0.4) is 0 Å². The summed E-state index contributed by atoms with van der Waals surface area (Å²) in [5.74, 6) is 0.801. The Kier molecular flexibility index (Phi) is 6.87. The molecule has 1 atom stereocenters. The number of anilines is 1. The number of carbonyl (C=O) groups is 1. The molecule has 26 heavy (non-hydrogen) atoms. The second kappa shape index (κ2) is 8.72. The zero-order valence-corrected chi connectivity index (χ0v) is 17.2. The molecule has 1 unspecified atom stereocenters. The van der Waals surface area contributed by atoms with E-state index < -0.39 is 0 Å². The Bertz CT molecular complexity index is 729. The van der Waals surface area contributed by atoms with Crippen molar-refractivity contribution in [3.05, 3.63) is 41.0 Å². The van der Waals surface area contributed by atoms with E-state index in [1.165, 1.54) is 0 Å². The van der Waals surface area contributed by atoms with Gasteiger partial charge in [-0.1, -0.05) is 59.1 Å². The number of amides is 1. The third kappa shape index (κ3) is 5.10. The number of hydrogen-bond donors (Lipinski definition) is 1. The van der Waals surface area contributed by atoms with Crippen LogP contribution in [0.2, 0.25) is 5.02 Å². The topological polar surface area (TPSA) is 46.9 Å². The van der Waals surface area contributed by atoms with Crippen molar-refractivity contribution in [2.75, 3.05) is 5.32 Å². The lowest BCUT2D eigenvalue weighted by Crippen LogP contribution is -2.23. The summed E-state index contributed by atoms with van der Waals surface area (Å²) in [5.41, 5.74) is 1.70. The van der Waals surface area contributed by atoms with Crippen LogP contribution in [0.4, 0.5) is 5.82 Å². The Hall–Kier alpha value is -1.81. The highest BCUT2D eigenvalue weighted by atomic mass is 35.5. The summed E-state index contributed by atoms with van der Waals surface area (Å²) < 4.78 is 1.79. The maximum Gasteiger partial charge on any atom is 0.228 e. The number of nitrogens with one attached hydrogen (secondary N) is 1. The Morgan fingerprint density at radius 1 is 1.23 bits per heavy atom. The number of rotatable bonds is 7. The Morgan fingerprint density at radius 3 is 2.42 bits per heavy atom. The van der Waals surface area contributed by atoms with Crippen molar-refractivity contribution in [1.29, 1.82) is 0 Å². The molecule has 1 aromatic carbocycles. The van der Waals surface area contributed by atoms with Crippen LogP contribution in [0.15, 0.2) is 30.3 Å². The lowest BCUT2D eigenvalue weighted by atomic mass is 9.92. The van der Waals surface area contributed by atoms with E-state index in [-0.39, 0.29) is 17.2 Å². The molecule has 0 radical (unpaired) electrons. The molecule has 0 aliphatic carbocycles. The molecule has 0 aliphatic heterocycles. The normalized spacial score (nSPS) is 12.8. The monoisotopic (exact) mass is 375 g/mol. The number of hydrogen-bond acceptors (Lipinski definition) is 2. The first-order chi connectivity index (χ1) is 12.3. The molecule has 1 amide bonds. The Balaban J connectivity index is 2.35. The molecule has 4 nitrogen and oxygen atoms in total. The van der Waals surface area contributed by atoms with Gasteiger partial charge in [-0.2, -0.15) is 5.10 Å². The van der Waals surface area contributed by atoms with Crippen molar-refractivity contribution >= 4 is 23.3 Å². The molecule has 2 rings (SSSR count). The smallest absolute Gasteiger partial charge is 0.228 e. The number of aromatic nitrogens is 2. The first-order valence-corrected chi connectivity index (χ1v) is 9.81. The van der Waals surface area contributed by atoms with E-state index in [0.29, 0.717) is 10.8 Å². The van der Waals surface area contributed by atoms with Gasteiger partial charge < -0.3 is 5.32 Å².